The lowest BCUT2D eigenvalue weighted by atomic mass is 9.79. The lowest BCUT2D eigenvalue weighted by Gasteiger charge is -2.43. The standard InChI is InChI=1S/C22H27NO4/c1-15-4-9-19(27-15)16-5-7-17(8-6-16)21(24)23-13-12-22(26-3)11-10-18(25-2)14-20(22)23/h4-9,18,20H,10-14H2,1-3H3/t18-,20-,22+/m0/s1. The van der Waals surface area contributed by atoms with Gasteiger partial charge < -0.3 is 18.8 Å². The molecule has 0 N–H and O–H groups in total. The smallest absolute Gasteiger partial charge is 0.254 e. The highest BCUT2D eigenvalue weighted by molar-refractivity contribution is 5.95. The van der Waals surface area contributed by atoms with Gasteiger partial charge in [0.1, 0.15) is 11.5 Å². The summed E-state index contributed by atoms with van der Waals surface area (Å²) in [5, 5.41) is 0. The predicted molar refractivity (Wildman–Crippen MR) is 103 cm³/mol. The normalized spacial score (nSPS) is 27.6. The molecule has 1 aromatic carbocycles. The van der Waals surface area contributed by atoms with E-state index in [0.29, 0.717) is 5.56 Å². The summed E-state index contributed by atoms with van der Waals surface area (Å²) in [5.41, 5.74) is 1.45. The van der Waals surface area contributed by atoms with E-state index in [-0.39, 0.29) is 23.7 Å². The summed E-state index contributed by atoms with van der Waals surface area (Å²) in [7, 11) is 3.52. The Bertz CT molecular complexity index is 812. The molecule has 0 unspecified atom stereocenters. The van der Waals surface area contributed by atoms with Crippen LogP contribution in [0.15, 0.2) is 40.8 Å². The quantitative estimate of drug-likeness (QED) is 0.816. The van der Waals surface area contributed by atoms with Crippen molar-refractivity contribution in [3.05, 3.63) is 47.7 Å². The van der Waals surface area contributed by atoms with E-state index in [9.17, 15) is 4.79 Å². The number of benzene rings is 1. The lowest BCUT2D eigenvalue weighted by molar-refractivity contribution is -0.0893. The molecule has 1 aliphatic carbocycles. The van der Waals surface area contributed by atoms with Gasteiger partial charge in [0.05, 0.1) is 17.7 Å². The Morgan fingerprint density at radius 1 is 1.15 bits per heavy atom. The Kier molecular flexibility index (Phi) is 4.82. The molecule has 0 spiro atoms. The first-order chi connectivity index (χ1) is 13.1. The zero-order chi connectivity index (χ0) is 19.0. The number of hydrogen-bond donors (Lipinski definition) is 0. The van der Waals surface area contributed by atoms with Crippen LogP contribution in [-0.2, 0) is 9.47 Å². The lowest BCUT2D eigenvalue weighted by Crippen LogP contribution is -2.53. The molecular formula is C22H27NO4. The molecule has 2 aromatic rings. The van der Waals surface area contributed by atoms with Crippen molar-refractivity contribution in [3.63, 3.8) is 0 Å². The molecule has 1 amide bonds. The van der Waals surface area contributed by atoms with Crippen molar-refractivity contribution in [3.8, 4) is 11.3 Å². The summed E-state index contributed by atoms with van der Waals surface area (Å²) < 4.78 is 17.2. The molecule has 144 valence electrons. The number of likely N-dealkylation sites (tertiary alicyclic amines) is 1. The minimum Gasteiger partial charge on any atom is -0.461 e. The SMILES string of the molecule is CO[C@H]1CC[C@@]2(OC)CCN(C(=O)c3ccc(-c4ccc(C)o4)cc3)[C@H]2C1. The zero-order valence-corrected chi connectivity index (χ0v) is 16.2. The van der Waals surface area contributed by atoms with Crippen LogP contribution in [0.5, 0.6) is 0 Å². The van der Waals surface area contributed by atoms with Gasteiger partial charge >= 0.3 is 0 Å². The maximum absolute atomic E-state index is 13.2. The van der Waals surface area contributed by atoms with Crippen LogP contribution in [0, 0.1) is 6.92 Å². The second-order valence-corrected chi connectivity index (χ2v) is 7.65. The highest BCUT2D eigenvalue weighted by atomic mass is 16.5. The first-order valence-corrected chi connectivity index (χ1v) is 9.62. The number of hydrogen-bond acceptors (Lipinski definition) is 4. The number of aryl methyl sites for hydroxylation is 1. The molecule has 4 rings (SSSR count). The Balaban J connectivity index is 1.55. The molecule has 0 radical (unpaired) electrons. The third-order valence-corrected chi connectivity index (χ3v) is 6.29. The first-order valence-electron chi connectivity index (χ1n) is 9.62. The van der Waals surface area contributed by atoms with E-state index >= 15 is 0 Å². The molecule has 1 aromatic heterocycles. The Morgan fingerprint density at radius 3 is 2.56 bits per heavy atom. The summed E-state index contributed by atoms with van der Waals surface area (Å²) in [4.78, 5) is 15.2. The first kappa shape index (κ1) is 18.3. The van der Waals surface area contributed by atoms with E-state index in [4.69, 9.17) is 13.9 Å². The van der Waals surface area contributed by atoms with Crippen LogP contribution in [-0.4, -0.2) is 49.3 Å². The molecule has 27 heavy (non-hydrogen) atoms. The second-order valence-electron chi connectivity index (χ2n) is 7.65. The molecule has 3 atom stereocenters. The number of rotatable bonds is 4. The van der Waals surface area contributed by atoms with Crippen molar-refractivity contribution < 1.29 is 18.7 Å². The Labute approximate surface area is 160 Å². The van der Waals surface area contributed by atoms with Gasteiger partial charge in [-0.2, -0.15) is 0 Å². The molecule has 1 aliphatic heterocycles. The van der Waals surface area contributed by atoms with Gasteiger partial charge in [-0.25, -0.2) is 0 Å². The zero-order valence-electron chi connectivity index (χ0n) is 16.2. The molecule has 5 nitrogen and oxygen atoms in total. The number of ether oxygens (including phenoxy) is 2. The Hall–Kier alpha value is -2.11. The fourth-order valence-electron chi connectivity index (χ4n) is 4.65. The molecule has 2 fully saturated rings. The van der Waals surface area contributed by atoms with Crippen LogP contribution < -0.4 is 0 Å². The van der Waals surface area contributed by atoms with Crippen LogP contribution >= 0.6 is 0 Å². The van der Waals surface area contributed by atoms with Crippen molar-refractivity contribution >= 4 is 5.91 Å². The number of furan rings is 1. The van der Waals surface area contributed by atoms with E-state index < -0.39 is 0 Å². The van der Waals surface area contributed by atoms with E-state index in [1.807, 2.05) is 48.2 Å². The van der Waals surface area contributed by atoms with Gasteiger partial charge in [0.2, 0.25) is 0 Å². The molecule has 5 heteroatoms. The minimum absolute atomic E-state index is 0.0675. The predicted octanol–water partition coefficient (Wildman–Crippen LogP) is 4.05. The molecule has 1 saturated heterocycles. The highest BCUT2D eigenvalue weighted by Crippen LogP contribution is 2.43. The number of methoxy groups -OCH3 is 2. The molecule has 2 heterocycles. The number of nitrogens with zero attached hydrogens (tertiary/aromatic N) is 1. The monoisotopic (exact) mass is 369 g/mol. The maximum Gasteiger partial charge on any atom is 0.254 e. The average molecular weight is 369 g/mol. The van der Waals surface area contributed by atoms with Gasteiger partial charge in [0.25, 0.3) is 5.91 Å². The molecule has 1 saturated carbocycles. The van der Waals surface area contributed by atoms with Gasteiger partial charge in [-0.3, -0.25) is 4.79 Å². The second kappa shape index (κ2) is 7.13. The van der Waals surface area contributed by atoms with Crippen LogP contribution in [0.4, 0.5) is 0 Å². The van der Waals surface area contributed by atoms with Gasteiger partial charge in [-0.1, -0.05) is 12.1 Å². The molecule has 2 aliphatic rings. The summed E-state index contributed by atoms with van der Waals surface area (Å²) in [6.07, 6.45) is 3.84. The third kappa shape index (κ3) is 3.19. The fraction of sp³-hybridized carbons (Fsp3) is 0.500. The van der Waals surface area contributed by atoms with Crippen LogP contribution in [0.25, 0.3) is 11.3 Å². The number of carbonyl (C=O) groups is 1. The topological polar surface area (TPSA) is 51.9 Å². The van der Waals surface area contributed by atoms with Crippen LogP contribution in [0.1, 0.15) is 41.8 Å². The van der Waals surface area contributed by atoms with E-state index in [2.05, 4.69) is 0 Å². The van der Waals surface area contributed by atoms with Gasteiger partial charge in [-0.15, -0.1) is 0 Å². The van der Waals surface area contributed by atoms with Crippen molar-refractivity contribution in [2.75, 3.05) is 20.8 Å². The van der Waals surface area contributed by atoms with Gasteiger partial charge in [0.15, 0.2) is 0 Å². The summed E-state index contributed by atoms with van der Waals surface area (Å²) in [6.45, 7) is 2.65. The van der Waals surface area contributed by atoms with E-state index in [1.165, 1.54) is 0 Å². The van der Waals surface area contributed by atoms with E-state index in [0.717, 1.165) is 49.3 Å². The van der Waals surface area contributed by atoms with Crippen LogP contribution in [0.2, 0.25) is 0 Å². The van der Waals surface area contributed by atoms with Crippen molar-refractivity contribution in [2.45, 2.75) is 50.4 Å². The van der Waals surface area contributed by atoms with Crippen LogP contribution in [0.3, 0.4) is 0 Å². The maximum atomic E-state index is 13.2. The average Bonchev–Trinajstić information content (AvgIpc) is 3.31. The number of fused-ring (bicyclic) bond motifs is 1. The van der Waals surface area contributed by atoms with Crippen molar-refractivity contribution in [1.29, 1.82) is 0 Å². The van der Waals surface area contributed by atoms with Crippen molar-refractivity contribution in [1.82, 2.24) is 4.90 Å². The van der Waals surface area contributed by atoms with Gasteiger partial charge in [-0.05, 0) is 56.9 Å². The van der Waals surface area contributed by atoms with Gasteiger partial charge in [0, 0.05) is 31.9 Å². The van der Waals surface area contributed by atoms with E-state index in [1.54, 1.807) is 14.2 Å². The summed E-state index contributed by atoms with van der Waals surface area (Å²) >= 11 is 0. The molecule has 0 bridgehead atoms. The number of carbonyl (C=O) groups excluding carboxylic acids is 1. The minimum atomic E-state index is -0.226. The third-order valence-electron chi connectivity index (χ3n) is 6.29. The Morgan fingerprint density at radius 2 is 1.93 bits per heavy atom. The summed E-state index contributed by atoms with van der Waals surface area (Å²) in [5.74, 6) is 1.77. The fourth-order valence-corrected chi connectivity index (χ4v) is 4.65. The summed E-state index contributed by atoms with van der Waals surface area (Å²) in [6, 6.07) is 11.6. The highest BCUT2D eigenvalue weighted by Gasteiger charge is 2.52. The van der Waals surface area contributed by atoms with Crippen molar-refractivity contribution in [2.24, 2.45) is 0 Å². The largest absolute Gasteiger partial charge is 0.461 e. The molecular weight excluding hydrogens is 342 g/mol. The number of amides is 1.